The molecule has 3 N–H and O–H groups in total. The van der Waals surface area contributed by atoms with Gasteiger partial charge in [0.05, 0.1) is 30.5 Å². The van der Waals surface area contributed by atoms with Crippen LogP contribution in [0.4, 0.5) is 0 Å². The summed E-state index contributed by atoms with van der Waals surface area (Å²) in [5, 5.41) is 37.1. The van der Waals surface area contributed by atoms with Gasteiger partial charge >= 0.3 is 5.97 Å². The highest BCUT2D eigenvalue weighted by molar-refractivity contribution is 5.89. The second-order valence-corrected chi connectivity index (χ2v) is 14.0. The number of carbonyl (C=O) groups excluding carboxylic acids is 1. The van der Waals surface area contributed by atoms with Gasteiger partial charge in [0.2, 0.25) is 0 Å². The molecule has 1 aromatic carbocycles. The second-order valence-electron chi connectivity index (χ2n) is 14.0. The van der Waals surface area contributed by atoms with E-state index in [2.05, 4.69) is 11.8 Å². The maximum atomic E-state index is 13.7. The molecule has 244 valence electrons. The molecule has 6 aliphatic rings. The maximum Gasteiger partial charge on any atom is 0.338 e. The standard InChI is InChI=1S/C33H47NO10/c1-7-34-15-30(16-39-2)19(35)13-20(40-3)32-18-14-31(38)27(44-29(37)17-11-9-8-10-12-17)21(18)33(43-6,26(36)28(31)42-5)22(25(32)34)23(41-4)24(30)32/h8-12,18-28,35-36,38H,7,13-16H2,1-6H3/t18-,19-,20+,21-,22?,23+,24-,25?,26+,27+,28+,30+,31-,32?,33-/m1/s1. The lowest BCUT2D eigenvalue weighted by molar-refractivity contribution is -0.325. The summed E-state index contributed by atoms with van der Waals surface area (Å²) in [6.07, 6.45) is -4.42. The zero-order chi connectivity index (χ0) is 31.4. The minimum atomic E-state index is -1.71. The summed E-state index contributed by atoms with van der Waals surface area (Å²) in [4.78, 5) is 16.1. The number of fused-ring (bicyclic) bond motifs is 2. The third kappa shape index (κ3) is 3.31. The molecule has 1 aromatic rings. The van der Waals surface area contributed by atoms with Gasteiger partial charge in [-0.2, -0.15) is 0 Å². The van der Waals surface area contributed by atoms with E-state index in [1.54, 1.807) is 52.7 Å². The first-order valence-electron chi connectivity index (χ1n) is 15.8. The SMILES string of the molecule is CCN1C[C@]2(COC)[C@H](O)C[C@H](OC)C34C1C([C@H](OC)[C@@H]32)[C@]1(OC)[C@@H]2[C@H]4C[C@@](O)([C@H]2OC(=O)c2ccccc2)[C@@H](OC)[C@@H]1O. The Balaban J connectivity index is 1.50. The molecule has 0 aromatic heterocycles. The molecule has 1 spiro atoms. The fourth-order valence-electron chi connectivity index (χ4n) is 12.3. The molecule has 1 heterocycles. The number of likely N-dealkylation sites (tertiary alicyclic amines) is 1. The minimum Gasteiger partial charge on any atom is -0.455 e. The molecule has 5 saturated carbocycles. The molecule has 0 radical (unpaired) electrons. The number of ether oxygens (including phenoxy) is 6. The molecular formula is C33H47NO10. The van der Waals surface area contributed by atoms with Crippen LogP contribution in [0, 0.1) is 34.5 Å². The fourth-order valence-corrected chi connectivity index (χ4v) is 12.3. The number of aliphatic hydroxyl groups is 3. The van der Waals surface area contributed by atoms with Crippen LogP contribution in [-0.2, 0) is 28.4 Å². The number of nitrogens with zero attached hydrogens (tertiary/aromatic N) is 1. The molecule has 15 atom stereocenters. The van der Waals surface area contributed by atoms with E-state index in [9.17, 15) is 20.1 Å². The summed E-state index contributed by atoms with van der Waals surface area (Å²) < 4.78 is 37.7. The van der Waals surface area contributed by atoms with Crippen molar-refractivity contribution in [1.82, 2.24) is 4.90 Å². The molecule has 0 amide bonds. The Morgan fingerprint density at radius 1 is 1.00 bits per heavy atom. The zero-order valence-electron chi connectivity index (χ0n) is 26.4. The number of hydrogen-bond acceptors (Lipinski definition) is 11. The van der Waals surface area contributed by atoms with E-state index in [0.717, 1.165) is 0 Å². The fraction of sp³-hybridized carbons (Fsp3) is 0.788. The van der Waals surface area contributed by atoms with Crippen LogP contribution in [0.15, 0.2) is 30.3 Å². The predicted octanol–water partition coefficient (Wildman–Crippen LogP) is 0.731. The van der Waals surface area contributed by atoms with Crippen molar-refractivity contribution in [3.8, 4) is 0 Å². The Morgan fingerprint density at radius 2 is 1.73 bits per heavy atom. The largest absolute Gasteiger partial charge is 0.455 e. The van der Waals surface area contributed by atoms with Gasteiger partial charge in [0.25, 0.3) is 0 Å². The van der Waals surface area contributed by atoms with E-state index in [0.29, 0.717) is 31.7 Å². The lowest BCUT2D eigenvalue weighted by Gasteiger charge is -2.70. The first-order chi connectivity index (χ1) is 21.1. The van der Waals surface area contributed by atoms with Crippen LogP contribution in [0.2, 0.25) is 0 Å². The van der Waals surface area contributed by atoms with E-state index in [1.165, 1.54) is 7.11 Å². The number of aliphatic hydroxyl groups excluding tert-OH is 2. The molecule has 11 nitrogen and oxygen atoms in total. The summed E-state index contributed by atoms with van der Waals surface area (Å²) >= 11 is 0. The van der Waals surface area contributed by atoms with Crippen LogP contribution in [0.5, 0.6) is 0 Å². The third-order valence-electron chi connectivity index (χ3n) is 13.2. The number of hydrogen-bond donors (Lipinski definition) is 3. The van der Waals surface area contributed by atoms with Gasteiger partial charge < -0.3 is 43.7 Å². The lowest BCUT2D eigenvalue weighted by Crippen LogP contribution is -2.81. The van der Waals surface area contributed by atoms with Crippen molar-refractivity contribution in [3.05, 3.63) is 35.9 Å². The summed E-state index contributed by atoms with van der Waals surface area (Å²) in [5.41, 5.74) is -4.01. The summed E-state index contributed by atoms with van der Waals surface area (Å²) in [6.45, 7) is 3.68. The monoisotopic (exact) mass is 617 g/mol. The molecule has 1 aliphatic heterocycles. The first-order valence-corrected chi connectivity index (χ1v) is 15.8. The molecule has 7 rings (SSSR count). The Bertz CT molecular complexity index is 1270. The Kier molecular flexibility index (Phi) is 7.33. The lowest BCUT2D eigenvalue weighted by atomic mass is 9.42. The van der Waals surface area contributed by atoms with Gasteiger partial charge in [0.1, 0.15) is 29.5 Å². The van der Waals surface area contributed by atoms with Gasteiger partial charge in [-0.1, -0.05) is 25.1 Å². The minimum absolute atomic E-state index is 0.177. The van der Waals surface area contributed by atoms with Gasteiger partial charge in [0.15, 0.2) is 0 Å². The maximum absolute atomic E-state index is 13.7. The first kappa shape index (κ1) is 31.0. The average molecular weight is 618 g/mol. The Labute approximate surface area is 258 Å². The van der Waals surface area contributed by atoms with Crippen LogP contribution in [0.1, 0.15) is 30.1 Å². The van der Waals surface area contributed by atoms with E-state index in [1.807, 2.05) is 6.07 Å². The van der Waals surface area contributed by atoms with Crippen LogP contribution < -0.4 is 0 Å². The van der Waals surface area contributed by atoms with Crippen molar-refractivity contribution in [2.45, 2.75) is 73.6 Å². The molecule has 7 bridgehead atoms. The van der Waals surface area contributed by atoms with Crippen molar-refractivity contribution >= 4 is 5.97 Å². The highest BCUT2D eigenvalue weighted by Gasteiger charge is 2.91. The number of piperidine rings is 1. The number of carbonyl (C=O) groups is 1. The molecule has 3 unspecified atom stereocenters. The number of methoxy groups -OCH3 is 5. The predicted molar refractivity (Wildman–Crippen MR) is 156 cm³/mol. The average Bonchev–Trinajstić information content (AvgIpc) is 3.40. The van der Waals surface area contributed by atoms with Crippen molar-refractivity contribution in [1.29, 1.82) is 0 Å². The van der Waals surface area contributed by atoms with E-state index in [4.69, 9.17) is 28.4 Å². The third-order valence-corrected chi connectivity index (χ3v) is 13.2. The van der Waals surface area contributed by atoms with Gasteiger partial charge in [0, 0.05) is 83.1 Å². The van der Waals surface area contributed by atoms with E-state index in [-0.39, 0.29) is 24.3 Å². The van der Waals surface area contributed by atoms with Crippen LogP contribution in [0.25, 0.3) is 0 Å². The second kappa shape index (κ2) is 10.4. The van der Waals surface area contributed by atoms with Crippen molar-refractivity contribution in [2.24, 2.45) is 34.5 Å². The van der Waals surface area contributed by atoms with Crippen molar-refractivity contribution in [2.75, 3.05) is 55.2 Å². The Morgan fingerprint density at radius 3 is 2.32 bits per heavy atom. The van der Waals surface area contributed by atoms with Gasteiger partial charge in [-0.15, -0.1) is 0 Å². The number of rotatable bonds is 9. The number of benzene rings is 1. The molecule has 1 saturated heterocycles. The van der Waals surface area contributed by atoms with Crippen LogP contribution in [0.3, 0.4) is 0 Å². The normalized spacial score (nSPS) is 51.8. The highest BCUT2D eigenvalue weighted by atomic mass is 16.6. The van der Waals surface area contributed by atoms with Gasteiger partial charge in [-0.05, 0) is 31.0 Å². The molecule has 44 heavy (non-hydrogen) atoms. The van der Waals surface area contributed by atoms with Gasteiger partial charge in [-0.3, -0.25) is 4.90 Å². The number of esters is 1. The smallest absolute Gasteiger partial charge is 0.338 e. The summed E-state index contributed by atoms with van der Waals surface area (Å²) in [6, 6.07) is 8.55. The topological polar surface area (TPSA) is 136 Å². The quantitative estimate of drug-likeness (QED) is 0.339. The summed E-state index contributed by atoms with van der Waals surface area (Å²) in [5.74, 6) is -2.20. The highest BCUT2D eigenvalue weighted by Crippen LogP contribution is 2.80. The van der Waals surface area contributed by atoms with E-state index >= 15 is 0 Å². The van der Waals surface area contributed by atoms with Gasteiger partial charge in [-0.25, -0.2) is 4.79 Å². The van der Waals surface area contributed by atoms with E-state index < -0.39 is 76.5 Å². The van der Waals surface area contributed by atoms with Crippen molar-refractivity contribution in [3.63, 3.8) is 0 Å². The molecule has 6 fully saturated rings. The van der Waals surface area contributed by atoms with Crippen LogP contribution >= 0.6 is 0 Å². The van der Waals surface area contributed by atoms with Crippen molar-refractivity contribution < 1.29 is 48.5 Å². The Hall–Kier alpha value is -1.67. The molecule has 11 heteroatoms. The summed E-state index contributed by atoms with van der Waals surface area (Å²) in [7, 11) is 8.09. The molecule has 5 aliphatic carbocycles. The molecular weight excluding hydrogens is 570 g/mol. The zero-order valence-corrected chi connectivity index (χ0v) is 26.4. The van der Waals surface area contributed by atoms with Crippen LogP contribution in [-0.4, -0.2) is 135 Å².